The number of hydrogen-bond acceptors (Lipinski definition) is 2. The quantitative estimate of drug-likeness (QED) is 0.590. The monoisotopic (exact) mass is 234 g/mol. The lowest BCUT2D eigenvalue weighted by Crippen LogP contribution is -2.29. The fourth-order valence-corrected chi connectivity index (χ4v) is 1.68. The minimum atomic E-state index is -1.33. The van der Waals surface area contributed by atoms with Gasteiger partial charge in [-0.15, -0.1) is 0 Å². The second-order valence-electron chi connectivity index (χ2n) is 4.96. The van der Waals surface area contributed by atoms with Crippen molar-refractivity contribution in [2.45, 2.75) is 19.6 Å². The van der Waals surface area contributed by atoms with Crippen LogP contribution in [-0.4, -0.2) is 20.3 Å². The summed E-state index contributed by atoms with van der Waals surface area (Å²) < 4.78 is 5.26. The van der Waals surface area contributed by atoms with E-state index >= 15 is 0 Å². The van der Waals surface area contributed by atoms with Crippen LogP contribution >= 0.6 is 0 Å². The summed E-state index contributed by atoms with van der Waals surface area (Å²) in [6.45, 7) is 10.2. The van der Waals surface area contributed by atoms with Gasteiger partial charge in [-0.3, -0.25) is 0 Å². The molecule has 16 heavy (non-hydrogen) atoms. The van der Waals surface area contributed by atoms with Gasteiger partial charge in [0.2, 0.25) is 0 Å². The average molecular weight is 234 g/mol. The van der Waals surface area contributed by atoms with Gasteiger partial charge < -0.3 is 4.74 Å². The van der Waals surface area contributed by atoms with Gasteiger partial charge in [0, 0.05) is 0 Å². The molecular formula is C13H18O2Si. The Morgan fingerprint density at radius 3 is 2.31 bits per heavy atom. The third-order valence-electron chi connectivity index (χ3n) is 2.02. The van der Waals surface area contributed by atoms with E-state index in [0.717, 1.165) is 5.56 Å². The van der Waals surface area contributed by atoms with E-state index in [0.29, 0.717) is 11.8 Å². The lowest BCUT2D eigenvalue weighted by Gasteiger charge is -2.15. The van der Waals surface area contributed by atoms with E-state index in [2.05, 4.69) is 26.2 Å². The maximum absolute atomic E-state index is 11.7. The van der Waals surface area contributed by atoms with Crippen molar-refractivity contribution in [1.82, 2.24) is 0 Å². The molecule has 0 aliphatic heterocycles. The van der Waals surface area contributed by atoms with Crippen molar-refractivity contribution in [1.29, 1.82) is 0 Å². The zero-order chi connectivity index (χ0) is 12.2. The first kappa shape index (κ1) is 12.7. The molecule has 0 N–H and O–H groups in total. The molecule has 0 fully saturated rings. The molecule has 0 aliphatic carbocycles. The van der Waals surface area contributed by atoms with Gasteiger partial charge in [0.15, 0.2) is 0 Å². The van der Waals surface area contributed by atoms with E-state index in [-0.39, 0.29) is 5.97 Å². The highest BCUT2D eigenvalue weighted by Gasteiger charge is 2.16. The molecule has 0 saturated carbocycles. The van der Waals surface area contributed by atoms with Crippen LogP contribution in [-0.2, 0) is 4.74 Å². The summed E-state index contributed by atoms with van der Waals surface area (Å²) in [7, 11) is -1.33. The molecule has 0 aromatic heterocycles. The number of ether oxygens (including phenoxy) is 1. The first-order valence-electron chi connectivity index (χ1n) is 5.32. The van der Waals surface area contributed by atoms with E-state index in [1.165, 1.54) is 0 Å². The number of hydrogen-bond donors (Lipinski definition) is 0. The average Bonchev–Trinajstić information content (AvgIpc) is 2.25. The lowest BCUT2D eigenvalue weighted by molar-refractivity contribution is 0.0565. The van der Waals surface area contributed by atoms with Crippen LogP contribution in [0.3, 0.4) is 0 Å². The SMILES string of the molecule is C=Cc1ccc(C(=O)OC[Si](C)(C)C)cc1. The Morgan fingerprint density at radius 2 is 1.88 bits per heavy atom. The van der Waals surface area contributed by atoms with E-state index in [1.54, 1.807) is 18.2 Å². The predicted molar refractivity (Wildman–Crippen MR) is 70.2 cm³/mol. The number of benzene rings is 1. The fraction of sp³-hybridized carbons (Fsp3) is 0.308. The normalized spacial score (nSPS) is 10.9. The van der Waals surface area contributed by atoms with Crippen LogP contribution in [0, 0.1) is 0 Å². The van der Waals surface area contributed by atoms with Crippen LogP contribution < -0.4 is 0 Å². The Morgan fingerprint density at radius 1 is 1.31 bits per heavy atom. The van der Waals surface area contributed by atoms with Crippen LogP contribution in [0.15, 0.2) is 30.8 Å². The Balaban J connectivity index is 2.63. The summed E-state index contributed by atoms with van der Waals surface area (Å²) in [5.41, 5.74) is 1.60. The molecule has 86 valence electrons. The number of carbonyl (C=O) groups is 1. The van der Waals surface area contributed by atoms with Crippen molar-refractivity contribution in [3.05, 3.63) is 42.0 Å². The van der Waals surface area contributed by atoms with Gasteiger partial charge in [0.1, 0.15) is 0 Å². The largest absolute Gasteiger partial charge is 0.466 e. The molecule has 0 unspecified atom stereocenters. The molecule has 1 aromatic rings. The molecule has 0 aliphatic rings. The summed E-state index contributed by atoms with van der Waals surface area (Å²) in [6, 6.07) is 7.25. The van der Waals surface area contributed by atoms with Gasteiger partial charge in [-0.05, 0) is 17.7 Å². The zero-order valence-electron chi connectivity index (χ0n) is 10.1. The maximum Gasteiger partial charge on any atom is 0.337 e. The van der Waals surface area contributed by atoms with E-state index < -0.39 is 8.07 Å². The standard InChI is InChI=1S/C13H18O2Si/c1-5-11-6-8-12(9-7-11)13(14)15-10-16(2,3)4/h5-9H,1,10H2,2-4H3. The summed E-state index contributed by atoms with van der Waals surface area (Å²) in [6.07, 6.45) is 2.31. The molecule has 0 heterocycles. The van der Waals surface area contributed by atoms with Gasteiger partial charge >= 0.3 is 5.97 Å². The minimum absolute atomic E-state index is 0.238. The summed E-state index contributed by atoms with van der Waals surface area (Å²) in [4.78, 5) is 11.7. The smallest absolute Gasteiger partial charge is 0.337 e. The molecule has 0 bridgehead atoms. The number of esters is 1. The molecular weight excluding hydrogens is 216 g/mol. The molecule has 0 spiro atoms. The van der Waals surface area contributed by atoms with Gasteiger partial charge in [-0.2, -0.15) is 0 Å². The fourth-order valence-electron chi connectivity index (χ4n) is 1.12. The highest BCUT2D eigenvalue weighted by molar-refractivity contribution is 6.76. The van der Waals surface area contributed by atoms with Crippen LogP contribution in [0.25, 0.3) is 6.08 Å². The lowest BCUT2D eigenvalue weighted by atomic mass is 10.1. The van der Waals surface area contributed by atoms with Crippen LogP contribution in [0.4, 0.5) is 0 Å². The van der Waals surface area contributed by atoms with Gasteiger partial charge in [-0.1, -0.05) is 44.4 Å². The Kier molecular flexibility index (Phi) is 4.07. The highest BCUT2D eigenvalue weighted by atomic mass is 28.3. The first-order valence-corrected chi connectivity index (χ1v) is 9.03. The third-order valence-corrected chi connectivity index (χ3v) is 3.03. The Bertz CT molecular complexity index is 374. The highest BCUT2D eigenvalue weighted by Crippen LogP contribution is 2.08. The Labute approximate surface area is 98.0 Å². The van der Waals surface area contributed by atoms with E-state index in [1.807, 2.05) is 12.1 Å². The maximum atomic E-state index is 11.7. The molecule has 1 rings (SSSR count). The van der Waals surface area contributed by atoms with Gasteiger partial charge in [0.05, 0.1) is 19.9 Å². The van der Waals surface area contributed by atoms with Crippen molar-refractivity contribution < 1.29 is 9.53 Å². The first-order chi connectivity index (χ1) is 7.42. The second-order valence-corrected chi connectivity index (χ2v) is 10.4. The molecule has 1 aromatic carbocycles. The van der Waals surface area contributed by atoms with Gasteiger partial charge in [0.25, 0.3) is 0 Å². The molecule has 0 radical (unpaired) electrons. The zero-order valence-corrected chi connectivity index (χ0v) is 11.1. The summed E-state index contributed by atoms with van der Waals surface area (Å²) >= 11 is 0. The van der Waals surface area contributed by atoms with E-state index in [9.17, 15) is 4.79 Å². The van der Waals surface area contributed by atoms with Crippen LogP contribution in [0.1, 0.15) is 15.9 Å². The van der Waals surface area contributed by atoms with Crippen LogP contribution in [0.2, 0.25) is 19.6 Å². The topological polar surface area (TPSA) is 26.3 Å². The molecule has 0 saturated heterocycles. The van der Waals surface area contributed by atoms with Crippen LogP contribution in [0.5, 0.6) is 0 Å². The molecule has 0 amide bonds. The summed E-state index contributed by atoms with van der Waals surface area (Å²) in [5, 5.41) is 0. The third kappa shape index (κ3) is 4.02. The number of rotatable bonds is 4. The molecule has 3 heteroatoms. The molecule has 0 atom stereocenters. The minimum Gasteiger partial charge on any atom is -0.466 e. The van der Waals surface area contributed by atoms with Crippen molar-refractivity contribution in [3.8, 4) is 0 Å². The van der Waals surface area contributed by atoms with Crippen molar-refractivity contribution in [2.24, 2.45) is 0 Å². The van der Waals surface area contributed by atoms with Crippen molar-refractivity contribution >= 4 is 20.1 Å². The molecule has 2 nitrogen and oxygen atoms in total. The second kappa shape index (κ2) is 5.12. The van der Waals surface area contributed by atoms with Gasteiger partial charge in [-0.25, -0.2) is 4.79 Å². The predicted octanol–water partition coefficient (Wildman–Crippen LogP) is 3.36. The summed E-state index contributed by atoms with van der Waals surface area (Å²) in [5.74, 6) is -0.238. The van der Waals surface area contributed by atoms with E-state index in [4.69, 9.17) is 4.74 Å². The Hall–Kier alpha value is -1.35. The van der Waals surface area contributed by atoms with Crippen molar-refractivity contribution in [2.75, 3.05) is 6.23 Å². The number of carbonyl (C=O) groups excluding carboxylic acids is 1. The van der Waals surface area contributed by atoms with Crippen molar-refractivity contribution in [3.63, 3.8) is 0 Å².